The van der Waals surface area contributed by atoms with Gasteiger partial charge in [-0.25, -0.2) is 13.1 Å². The third-order valence-corrected chi connectivity index (χ3v) is 6.48. The molecule has 0 aliphatic heterocycles. The van der Waals surface area contributed by atoms with Crippen LogP contribution in [0.2, 0.25) is 0 Å². The lowest BCUT2D eigenvalue weighted by molar-refractivity contribution is 0.0266. The van der Waals surface area contributed by atoms with Crippen LogP contribution in [0.1, 0.15) is 34.1 Å². The van der Waals surface area contributed by atoms with Crippen LogP contribution in [-0.4, -0.2) is 53.3 Å². The normalized spacial score (nSPS) is 13.8. The highest BCUT2D eigenvalue weighted by Gasteiger charge is 2.14. The molecule has 1 aromatic rings. The Morgan fingerprint density at radius 1 is 1.27 bits per heavy atom. The summed E-state index contributed by atoms with van der Waals surface area (Å²) < 4.78 is 32.7. The molecule has 7 nitrogen and oxygen atoms in total. The van der Waals surface area contributed by atoms with E-state index in [4.69, 9.17) is 4.74 Å². The molecule has 1 heterocycles. The SMILES string of the molecule is CCNC(=NCCC(OCC)C(C)C)NCCNS(=O)(=O)c1cccs1. The zero-order valence-electron chi connectivity index (χ0n) is 16.1. The van der Waals surface area contributed by atoms with Crippen LogP contribution in [0.15, 0.2) is 26.7 Å². The molecular formula is C17H32N4O3S2. The van der Waals surface area contributed by atoms with Gasteiger partial charge in [-0.2, -0.15) is 0 Å². The lowest BCUT2D eigenvalue weighted by Gasteiger charge is -2.20. The van der Waals surface area contributed by atoms with Crippen molar-refractivity contribution in [1.82, 2.24) is 15.4 Å². The lowest BCUT2D eigenvalue weighted by Crippen LogP contribution is -2.41. The van der Waals surface area contributed by atoms with Gasteiger partial charge in [-0.1, -0.05) is 19.9 Å². The topological polar surface area (TPSA) is 91.8 Å². The Hall–Kier alpha value is -1.16. The van der Waals surface area contributed by atoms with Gasteiger partial charge >= 0.3 is 0 Å². The van der Waals surface area contributed by atoms with Gasteiger partial charge in [0.25, 0.3) is 0 Å². The first-order chi connectivity index (χ1) is 12.4. The molecule has 0 spiro atoms. The van der Waals surface area contributed by atoms with Crippen molar-refractivity contribution in [2.75, 3.05) is 32.8 Å². The minimum atomic E-state index is -3.42. The molecule has 0 amide bonds. The highest BCUT2D eigenvalue weighted by atomic mass is 32.2. The second kappa shape index (κ2) is 12.3. The molecule has 0 fully saturated rings. The van der Waals surface area contributed by atoms with Gasteiger partial charge in [0.2, 0.25) is 10.0 Å². The van der Waals surface area contributed by atoms with E-state index < -0.39 is 10.0 Å². The number of ether oxygens (including phenoxy) is 1. The summed E-state index contributed by atoms with van der Waals surface area (Å²) >= 11 is 1.20. The summed E-state index contributed by atoms with van der Waals surface area (Å²) in [5.41, 5.74) is 0. The molecule has 1 rings (SSSR count). The molecule has 1 unspecified atom stereocenters. The Morgan fingerprint density at radius 3 is 2.62 bits per heavy atom. The van der Waals surface area contributed by atoms with Crippen LogP contribution in [0.25, 0.3) is 0 Å². The minimum absolute atomic E-state index is 0.198. The molecule has 0 aromatic carbocycles. The first-order valence-corrected chi connectivity index (χ1v) is 11.4. The molecule has 150 valence electrons. The maximum Gasteiger partial charge on any atom is 0.250 e. The van der Waals surface area contributed by atoms with Crippen molar-refractivity contribution in [3.05, 3.63) is 17.5 Å². The standard InChI is InChI=1S/C17H32N4O3S2/c1-5-18-17(19-10-9-15(14(3)4)24-6-2)20-11-12-21-26(22,23)16-8-7-13-25-16/h7-8,13-15,21H,5-6,9-12H2,1-4H3,(H2,18,19,20). The Balaban J connectivity index is 2.42. The fraction of sp³-hybridized carbons (Fsp3) is 0.706. The second-order valence-electron chi connectivity index (χ2n) is 6.04. The van der Waals surface area contributed by atoms with Crippen LogP contribution in [0.3, 0.4) is 0 Å². The van der Waals surface area contributed by atoms with Crippen molar-refractivity contribution in [1.29, 1.82) is 0 Å². The Kier molecular flexibility index (Phi) is 10.8. The van der Waals surface area contributed by atoms with Crippen LogP contribution < -0.4 is 15.4 Å². The van der Waals surface area contributed by atoms with Crippen LogP contribution in [-0.2, 0) is 14.8 Å². The number of nitrogens with one attached hydrogen (secondary N) is 3. The van der Waals surface area contributed by atoms with Crippen molar-refractivity contribution < 1.29 is 13.2 Å². The van der Waals surface area contributed by atoms with Gasteiger partial charge in [0.05, 0.1) is 6.10 Å². The van der Waals surface area contributed by atoms with Crippen LogP contribution >= 0.6 is 11.3 Å². The third-order valence-electron chi connectivity index (χ3n) is 3.62. The maximum absolute atomic E-state index is 12.0. The molecule has 9 heteroatoms. The Bertz CT molecular complexity index is 616. The first-order valence-electron chi connectivity index (χ1n) is 9.07. The van der Waals surface area contributed by atoms with Gasteiger partial charge in [0.1, 0.15) is 4.21 Å². The molecule has 0 radical (unpaired) electrons. The van der Waals surface area contributed by atoms with Gasteiger partial charge < -0.3 is 15.4 Å². The monoisotopic (exact) mass is 404 g/mol. The van der Waals surface area contributed by atoms with E-state index in [1.807, 2.05) is 13.8 Å². The van der Waals surface area contributed by atoms with E-state index in [1.54, 1.807) is 17.5 Å². The number of thiophene rings is 1. The first kappa shape index (κ1) is 22.9. The van der Waals surface area contributed by atoms with Crippen molar-refractivity contribution >= 4 is 27.3 Å². The lowest BCUT2D eigenvalue weighted by atomic mass is 10.0. The molecule has 1 aromatic heterocycles. The van der Waals surface area contributed by atoms with E-state index in [9.17, 15) is 8.42 Å². The fourth-order valence-electron chi connectivity index (χ4n) is 2.32. The zero-order chi connectivity index (χ0) is 19.4. The molecule has 3 N–H and O–H groups in total. The molecule has 0 bridgehead atoms. The van der Waals surface area contributed by atoms with E-state index in [0.29, 0.717) is 35.8 Å². The van der Waals surface area contributed by atoms with E-state index in [2.05, 4.69) is 34.2 Å². The summed E-state index contributed by atoms with van der Waals surface area (Å²) in [5.74, 6) is 1.13. The number of hydrogen-bond donors (Lipinski definition) is 3. The number of hydrogen-bond acceptors (Lipinski definition) is 5. The summed E-state index contributed by atoms with van der Waals surface area (Å²) in [4.78, 5) is 4.54. The predicted octanol–water partition coefficient (Wildman–Crippen LogP) is 2.03. The molecule has 26 heavy (non-hydrogen) atoms. The van der Waals surface area contributed by atoms with Gasteiger partial charge in [-0.05, 0) is 37.6 Å². The van der Waals surface area contributed by atoms with Crippen molar-refractivity contribution in [3.63, 3.8) is 0 Å². The van der Waals surface area contributed by atoms with Crippen LogP contribution in [0.5, 0.6) is 0 Å². The summed E-state index contributed by atoms with van der Waals surface area (Å²) in [6.45, 7) is 11.1. The van der Waals surface area contributed by atoms with Crippen LogP contribution in [0, 0.1) is 5.92 Å². The smallest absolute Gasteiger partial charge is 0.250 e. The predicted molar refractivity (Wildman–Crippen MR) is 108 cm³/mol. The third kappa shape index (κ3) is 8.48. The summed E-state index contributed by atoms with van der Waals surface area (Å²) in [5, 5.41) is 8.06. The molecule has 0 aliphatic rings. The zero-order valence-corrected chi connectivity index (χ0v) is 17.8. The average molecular weight is 405 g/mol. The van der Waals surface area contributed by atoms with Crippen molar-refractivity contribution in [3.8, 4) is 0 Å². The van der Waals surface area contributed by atoms with Crippen LogP contribution in [0.4, 0.5) is 0 Å². The molecule has 0 aliphatic carbocycles. The van der Waals surface area contributed by atoms with Crippen molar-refractivity contribution in [2.45, 2.75) is 44.4 Å². The number of guanidine groups is 1. The number of rotatable bonds is 12. The quantitative estimate of drug-likeness (QED) is 0.282. The summed E-state index contributed by atoms with van der Waals surface area (Å²) in [6.07, 6.45) is 1.05. The number of aliphatic imine (C=N–C) groups is 1. The Morgan fingerprint density at radius 2 is 2.04 bits per heavy atom. The number of sulfonamides is 1. The molecule has 0 saturated carbocycles. The minimum Gasteiger partial charge on any atom is -0.378 e. The van der Waals surface area contributed by atoms with E-state index in [0.717, 1.165) is 13.0 Å². The molecule has 0 saturated heterocycles. The molecule has 1 atom stereocenters. The highest BCUT2D eigenvalue weighted by molar-refractivity contribution is 7.91. The van der Waals surface area contributed by atoms with Crippen molar-refractivity contribution in [2.24, 2.45) is 10.9 Å². The highest BCUT2D eigenvalue weighted by Crippen LogP contribution is 2.14. The second-order valence-corrected chi connectivity index (χ2v) is 8.99. The van der Waals surface area contributed by atoms with Gasteiger partial charge in [-0.15, -0.1) is 11.3 Å². The van der Waals surface area contributed by atoms with E-state index in [1.165, 1.54) is 11.3 Å². The summed E-state index contributed by atoms with van der Waals surface area (Å²) in [7, 11) is -3.42. The van der Waals surface area contributed by atoms with E-state index in [-0.39, 0.29) is 12.6 Å². The van der Waals surface area contributed by atoms with E-state index >= 15 is 0 Å². The Labute approximate surface area is 161 Å². The van der Waals surface area contributed by atoms with Gasteiger partial charge in [0, 0.05) is 32.8 Å². The summed E-state index contributed by atoms with van der Waals surface area (Å²) in [6, 6.07) is 3.32. The average Bonchev–Trinajstić information content (AvgIpc) is 3.13. The number of nitrogens with zero attached hydrogens (tertiary/aromatic N) is 1. The molecular weight excluding hydrogens is 372 g/mol. The largest absolute Gasteiger partial charge is 0.378 e. The maximum atomic E-state index is 12.0. The van der Waals surface area contributed by atoms with Gasteiger partial charge in [0.15, 0.2) is 5.96 Å². The fourth-order valence-corrected chi connectivity index (χ4v) is 4.39. The van der Waals surface area contributed by atoms with Gasteiger partial charge in [-0.3, -0.25) is 4.99 Å².